The number of amides is 3. The number of hydrogen-bond donors (Lipinski definition) is 3. The zero-order valence-electron chi connectivity index (χ0n) is 22.3. The molecule has 0 aliphatic rings. The van der Waals surface area contributed by atoms with Crippen LogP contribution in [0.2, 0.25) is 15.1 Å². The van der Waals surface area contributed by atoms with Crippen LogP contribution in [-0.2, 0) is 0 Å². The van der Waals surface area contributed by atoms with Crippen LogP contribution < -0.4 is 21.1 Å². The van der Waals surface area contributed by atoms with E-state index in [-0.39, 0.29) is 56.1 Å². The molecule has 0 radical (unpaired) electrons. The lowest BCUT2D eigenvalue weighted by Gasteiger charge is -2.14. The van der Waals surface area contributed by atoms with E-state index in [4.69, 9.17) is 45.3 Å². The maximum Gasteiger partial charge on any atom is 0.274 e. The third kappa shape index (κ3) is 6.00. The first-order valence-corrected chi connectivity index (χ1v) is 13.4. The van der Waals surface area contributed by atoms with E-state index < -0.39 is 17.7 Å². The Kier molecular flexibility index (Phi) is 8.30. The minimum absolute atomic E-state index is 0.0601. The van der Waals surface area contributed by atoms with Gasteiger partial charge in [0.15, 0.2) is 11.6 Å². The molecule has 3 amide bonds. The Balaban J connectivity index is 1.57. The molecule has 43 heavy (non-hydrogen) atoms. The minimum atomic E-state index is -0.819. The Morgan fingerprint density at radius 2 is 1.40 bits per heavy atom. The highest BCUT2D eigenvalue weighted by Crippen LogP contribution is 2.30. The molecule has 0 aliphatic carbocycles. The van der Waals surface area contributed by atoms with E-state index in [0.29, 0.717) is 10.6 Å². The largest absolute Gasteiger partial charge is 0.417 e. The minimum Gasteiger partial charge on any atom is -0.417 e. The van der Waals surface area contributed by atoms with Gasteiger partial charge in [0.1, 0.15) is 11.4 Å². The van der Waals surface area contributed by atoms with Gasteiger partial charge in [0.2, 0.25) is 11.8 Å². The highest BCUT2D eigenvalue weighted by Gasteiger charge is 2.25. The summed E-state index contributed by atoms with van der Waals surface area (Å²) in [5.41, 5.74) is 6.34. The van der Waals surface area contributed by atoms with Crippen LogP contribution in [0.5, 0.6) is 11.8 Å². The number of nitrogens with two attached hydrogens (primary N) is 1. The predicted octanol–water partition coefficient (Wildman–Crippen LogP) is 4.62. The fourth-order valence-corrected chi connectivity index (χ4v) is 4.73. The number of aromatic nitrogens is 6. The molecule has 4 N–H and O–H groups in total. The van der Waals surface area contributed by atoms with E-state index in [1.807, 2.05) is 0 Å². The van der Waals surface area contributed by atoms with Crippen LogP contribution in [0.3, 0.4) is 0 Å². The Morgan fingerprint density at radius 3 is 1.93 bits per heavy atom. The summed E-state index contributed by atoms with van der Waals surface area (Å²) in [7, 11) is 1.46. The third-order valence-electron chi connectivity index (χ3n) is 5.96. The van der Waals surface area contributed by atoms with Crippen LogP contribution >= 0.6 is 34.8 Å². The first-order chi connectivity index (χ1) is 20.6. The van der Waals surface area contributed by atoms with Gasteiger partial charge in [0.25, 0.3) is 17.7 Å². The summed E-state index contributed by atoms with van der Waals surface area (Å²) in [4.78, 5) is 46.8. The highest BCUT2D eigenvalue weighted by atomic mass is 35.5. The Morgan fingerprint density at radius 1 is 0.837 bits per heavy atom. The molecule has 16 heteroatoms. The monoisotopic (exact) mass is 639 g/mol. The fourth-order valence-electron chi connectivity index (χ4n) is 4.05. The van der Waals surface area contributed by atoms with Gasteiger partial charge in [-0.05, 0) is 48.9 Å². The van der Waals surface area contributed by atoms with Gasteiger partial charge in [-0.15, -0.1) is 10.2 Å². The smallest absolute Gasteiger partial charge is 0.274 e. The number of hydrogen-bond acceptors (Lipinski definition) is 8. The van der Waals surface area contributed by atoms with Crippen molar-refractivity contribution in [1.82, 2.24) is 34.8 Å². The number of aryl methyl sites for hydroxylation is 1. The van der Waals surface area contributed by atoms with E-state index in [2.05, 4.69) is 30.8 Å². The molecule has 0 bridgehead atoms. The molecule has 0 saturated carbocycles. The number of primary amides is 1. The van der Waals surface area contributed by atoms with Gasteiger partial charge in [-0.1, -0.05) is 34.8 Å². The molecule has 0 fully saturated rings. The second-order valence-corrected chi connectivity index (χ2v) is 10.1. The molecule has 4 aromatic heterocycles. The van der Waals surface area contributed by atoms with Crippen LogP contribution in [0.1, 0.15) is 36.9 Å². The summed E-state index contributed by atoms with van der Waals surface area (Å²) < 4.78 is 8.13. The van der Waals surface area contributed by atoms with Crippen molar-refractivity contribution >= 4 is 58.2 Å². The zero-order chi connectivity index (χ0) is 30.8. The molecule has 13 nitrogen and oxygen atoms in total. The molecule has 0 saturated heterocycles. The van der Waals surface area contributed by atoms with Gasteiger partial charge in [-0.25, -0.2) is 19.3 Å². The Bertz CT molecular complexity index is 1900. The molecular weight excluding hydrogens is 621 g/mol. The lowest BCUT2D eigenvalue weighted by atomic mass is 10.1. The van der Waals surface area contributed by atoms with Crippen molar-refractivity contribution < 1.29 is 19.1 Å². The predicted molar refractivity (Wildman–Crippen MR) is 159 cm³/mol. The summed E-state index contributed by atoms with van der Waals surface area (Å²) in [6, 6.07) is 12.0. The number of carbonyl (C=O) groups is 3. The number of carbonyl (C=O) groups excluding carboxylic acids is 3. The number of halogens is 3. The van der Waals surface area contributed by atoms with Gasteiger partial charge >= 0.3 is 0 Å². The standard InChI is InChI=1S/C27H20Cl3N9O4/c1-13-9-14(28)10-15(26(41)32-2)22(13)35-27(42)19-12-21(37-39(19)25-17(30)6-4-8-34-25)43-20-11-18(23(31)40)38(36-20)24-16(29)5-3-7-33-24/h3-12H,1-2H3,(H2,31,40)(H,32,41)(H,35,42). The van der Waals surface area contributed by atoms with E-state index in [0.717, 1.165) is 4.68 Å². The van der Waals surface area contributed by atoms with Crippen LogP contribution in [0.15, 0.2) is 60.9 Å². The number of anilines is 1. The van der Waals surface area contributed by atoms with Crippen LogP contribution in [0.4, 0.5) is 5.69 Å². The maximum absolute atomic E-state index is 13.7. The molecule has 218 valence electrons. The lowest BCUT2D eigenvalue weighted by Crippen LogP contribution is -2.23. The highest BCUT2D eigenvalue weighted by molar-refractivity contribution is 6.32. The van der Waals surface area contributed by atoms with Gasteiger partial charge in [-0.2, -0.15) is 0 Å². The van der Waals surface area contributed by atoms with E-state index in [1.54, 1.807) is 37.3 Å². The topological polar surface area (TPSA) is 172 Å². The fraction of sp³-hybridized carbons (Fsp3) is 0.0741. The number of pyridine rings is 2. The summed E-state index contributed by atoms with van der Waals surface area (Å²) in [6.07, 6.45) is 2.94. The summed E-state index contributed by atoms with van der Waals surface area (Å²) in [5, 5.41) is 14.6. The van der Waals surface area contributed by atoms with Gasteiger partial charge in [0.05, 0.1) is 21.3 Å². The number of rotatable bonds is 8. The maximum atomic E-state index is 13.7. The van der Waals surface area contributed by atoms with Gasteiger partial charge < -0.3 is 21.1 Å². The molecule has 4 heterocycles. The van der Waals surface area contributed by atoms with Crippen molar-refractivity contribution in [3.63, 3.8) is 0 Å². The lowest BCUT2D eigenvalue weighted by molar-refractivity contribution is 0.0961. The Labute approximate surface area is 258 Å². The van der Waals surface area contributed by atoms with Crippen molar-refractivity contribution in [2.75, 3.05) is 12.4 Å². The second-order valence-electron chi connectivity index (χ2n) is 8.82. The summed E-state index contributed by atoms with van der Waals surface area (Å²) >= 11 is 18.8. The van der Waals surface area contributed by atoms with Crippen molar-refractivity contribution in [2.45, 2.75) is 6.92 Å². The summed E-state index contributed by atoms with van der Waals surface area (Å²) in [5.74, 6) is -1.91. The normalized spacial score (nSPS) is 10.8. The number of nitrogens with one attached hydrogen (secondary N) is 2. The molecule has 0 aliphatic heterocycles. The third-order valence-corrected chi connectivity index (χ3v) is 6.77. The SMILES string of the molecule is CNC(=O)c1cc(Cl)cc(C)c1NC(=O)c1cc(Oc2cc(C(N)=O)n(-c3ncccc3Cl)n2)nn1-c1ncccc1Cl. The first kappa shape index (κ1) is 29.5. The van der Waals surface area contributed by atoms with Crippen LogP contribution in [0.25, 0.3) is 11.6 Å². The molecule has 1 aromatic carbocycles. The van der Waals surface area contributed by atoms with Crippen molar-refractivity contribution in [2.24, 2.45) is 5.73 Å². The van der Waals surface area contributed by atoms with Crippen molar-refractivity contribution in [3.8, 4) is 23.4 Å². The molecule has 0 unspecified atom stereocenters. The van der Waals surface area contributed by atoms with Crippen LogP contribution in [0, 0.1) is 6.92 Å². The Hall–Kier alpha value is -4.98. The van der Waals surface area contributed by atoms with Crippen molar-refractivity contribution in [1.29, 1.82) is 0 Å². The number of benzene rings is 1. The second kappa shape index (κ2) is 12.1. The molecule has 0 spiro atoms. The average Bonchev–Trinajstić information content (AvgIpc) is 3.59. The quantitative estimate of drug-likeness (QED) is 0.220. The first-order valence-electron chi connectivity index (χ1n) is 12.3. The van der Waals surface area contributed by atoms with E-state index >= 15 is 0 Å². The van der Waals surface area contributed by atoms with Gasteiger partial charge in [0, 0.05) is 36.6 Å². The average molecular weight is 641 g/mol. The molecule has 0 atom stereocenters. The van der Waals surface area contributed by atoms with Crippen LogP contribution in [-0.4, -0.2) is 54.3 Å². The molecular formula is C27H20Cl3N9O4. The van der Waals surface area contributed by atoms with E-state index in [9.17, 15) is 14.4 Å². The number of ether oxygens (including phenoxy) is 1. The van der Waals surface area contributed by atoms with Gasteiger partial charge in [-0.3, -0.25) is 14.4 Å². The van der Waals surface area contributed by atoms with Crippen molar-refractivity contribution in [3.05, 3.63) is 98.5 Å². The number of nitrogens with zero attached hydrogens (tertiary/aromatic N) is 6. The zero-order valence-corrected chi connectivity index (χ0v) is 24.6. The molecule has 5 rings (SSSR count). The summed E-state index contributed by atoms with van der Waals surface area (Å²) in [6.45, 7) is 1.69. The molecule has 5 aromatic rings. The van der Waals surface area contributed by atoms with E-state index in [1.165, 1.54) is 42.3 Å².